The smallest absolute Gasteiger partial charge is 0.127 e. The van der Waals surface area contributed by atoms with Crippen LogP contribution in [0.25, 0.3) is 5.70 Å². The summed E-state index contributed by atoms with van der Waals surface area (Å²) in [6.45, 7) is 3.05. The Labute approximate surface area is 225 Å². The van der Waals surface area contributed by atoms with E-state index in [1.54, 1.807) is 0 Å². The summed E-state index contributed by atoms with van der Waals surface area (Å²) < 4.78 is 11.7. The van der Waals surface area contributed by atoms with Crippen molar-refractivity contribution in [2.24, 2.45) is 0 Å². The number of anilines is 1. The summed E-state index contributed by atoms with van der Waals surface area (Å²) in [4.78, 5) is 4.23. The molecule has 0 saturated heterocycles. The summed E-state index contributed by atoms with van der Waals surface area (Å²) in [7, 11) is 3.86. The molecule has 1 aliphatic heterocycles. The summed E-state index contributed by atoms with van der Waals surface area (Å²) in [6.07, 6.45) is 5.13. The highest BCUT2D eigenvalue weighted by molar-refractivity contribution is 6.30. The van der Waals surface area contributed by atoms with Crippen LogP contribution in [0.1, 0.15) is 31.7 Å². The average Bonchev–Trinajstić information content (AvgIpc) is 3.32. The number of aliphatic hydroxyl groups is 1. The number of aliphatic hydroxyl groups excluding tert-OH is 1. The number of nitrogens with one attached hydrogen (secondary N) is 1. The fraction of sp³-hybridized carbons (Fsp3) is 0.333. The zero-order chi connectivity index (χ0) is 26.2. The second-order valence-electron chi connectivity index (χ2n) is 9.55. The molecule has 0 fully saturated rings. The predicted molar refractivity (Wildman–Crippen MR) is 151 cm³/mol. The number of halogens is 1. The summed E-state index contributed by atoms with van der Waals surface area (Å²) in [6, 6.07) is 23.5. The van der Waals surface area contributed by atoms with E-state index in [0.717, 1.165) is 53.5 Å². The molecule has 196 valence electrons. The number of hydrogen-bond acceptors (Lipinski definition) is 6. The quantitative estimate of drug-likeness (QED) is 0.289. The highest BCUT2D eigenvalue weighted by Gasteiger charge is 2.25. The zero-order valence-electron chi connectivity index (χ0n) is 21.7. The Morgan fingerprint density at radius 3 is 2.19 bits per heavy atom. The lowest BCUT2D eigenvalue weighted by atomic mass is 10.1. The molecular weight excluding hydrogens is 486 g/mol. The number of nitrogens with zero attached hydrogens (tertiary/aromatic N) is 2. The molecule has 4 rings (SSSR count). The van der Waals surface area contributed by atoms with Gasteiger partial charge in [-0.15, -0.1) is 0 Å². The normalized spacial score (nSPS) is 15.9. The third-order valence-corrected chi connectivity index (χ3v) is 6.38. The maximum Gasteiger partial charge on any atom is 0.127 e. The largest absolute Gasteiger partial charge is 0.491 e. The highest BCUT2D eigenvalue weighted by Crippen LogP contribution is 2.31. The Morgan fingerprint density at radius 1 is 0.946 bits per heavy atom. The van der Waals surface area contributed by atoms with Gasteiger partial charge in [-0.3, -0.25) is 0 Å². The van der Waals surface area contributed by atoms with Crippen LogP contribution in [0.15, 0.2) is 79.0 Å². The minimum absolute atomic E-state index is 0.176. The fourth-order valence-electron chi connectivity index (χ4n) is 4.26. The molecule has 0 aliphatic carbocycles. The van der Waals surface area contributed by atoms with Crippen molar-refractivity contribution >= 4 is 23.0 Å². The average molecular weight is 522 g/mol. The Kier molecular flexibility index (Phi) is 9.34. The summed E-state index contributed by atoms with van der Waals surface area (Å²) in [5, 5.41) is 14.4. The van der Waals surface area contributed by atoms with E-state index in [-0.39, 0.29) is 12.8 Å². The topological polar surface area (TPSA) is 57.2 Å². The van der Waals surface area contributed by atoms with Gasteiger partial charge in [0.15, 0.2) is 0 Å². The lowest BCUT2D eigenvalue weighted by Crippen LogP contribution is -2.35. The second-order valence-corrected chi connectivity index (χ2v) is 9.99. The summed E-state index contributed by atoms with van der Waals surface area (Å²) >= 11 is 5.97. The van der Waals surface area contributed by atoms with E-state index >= 15 is 0 Å². The van der Waals surface area contributed by atoms with Gasteiger partial charge >= 0.3 is 0 Å². The van der Waals surface area contributed by atoms with Gasteiger partial charge in [-0.1, -0.05) is 24.9 Å². The van der Waals surface area contributed by atoms with Crippen LogP contribution >= 0.6 is 11.6 Å². The molecule has 7 heteroatoms. The minimum Gasteiger partial charge on any atom is -0.491 e. The van der Waals surface area contributed by atoms with Crippen LogP contribution in [0.5, 0.6) is 17.2 Å². The molecule has 1 heterocycles. The minimum atomic E-state index is -0.523. The Morgan fingerprint density at radius 2 is 1.57 bits per heavy atom. The van der Waals surface area contributed by atoms with Crippen molar-refractivity contribution in [2.45, 2.75) is 38.5 Å². The van der Waals surface area contributed by atoms with E-state index in [2.05, 4.69) is 47.6 Å². The Balaban J connectivity index is 1.44. The molecule has 0 bridgehead atoms. The van der Waals surface area contributed by atoms with Crippen LogP contribution in [0.3, 0.4) is 0 Å². The van der Waals surface area contributed by atoms with Gasteiger partial charge in [0.2, 0.25) is 0 Å². The number of benzene rings is 3. The van der Waals surface area contributed by atoms with E-state index in [0.29, 0.717) is 11.6 Å². The summed E-state index contributed by atoms with van der Waals surface area (Å²) in [5.74, 6) is 2.28. The lowest BCUT2D eigenvalue weighted by molar-refractivity contribution is 0.0831. The third-order valence-electron chi connectivity index (χ3n) is 6.13. The van der Waals surface area contributed by atoms with Gasteiger partial charge in [0.05, 0.1) is 5.70 Å². The van der Waals surface area contributed by atoms with Crippen LogP contribution in [-0.2, 0) is 0 Å². The summed E-state index contributed by atoms with van der Waals surface area (Å²) in [5.41, 5.74) is 3.26. The Hall–Kier alpha value is -3.19. The molecule has 0 spiro atoms. The van der Waals surface area contributed by atoms with Crippen molar-refractivity contribution in [3.05, 3.63) is 89.6 Å². The molecule has 37 heavy (non-hydrogen) atoms. The molecule has 2 atom stereocenters. The zero-order valence-corrected chi connectivity index (χ0v) is 22.5. The number of ether oxygens (including phenoxy) is 2. The van der Waals surface area contributed by atoms with Gasteiger partial charge in [-0.2, -0.15) is 0 Å². The fourth-order valence-corrected chi connectivity index (χ4v) is 4.38. The van der Waals surface area contributed by atoms with E-state index in [9.17, 15) is 5.11 Å². The number of rotatable bonds is 12. The second kappa shape index (κ2) is 12.9. The molecule has 2 N–H and O–H groups in total. The molecule has 3 aromatic carbocycles. The standard InChI is InChI=1S/C30H36ClN3O3/c1-4-5-6-30-32-29(22-7-13-26(14-8-22)36-21-25(35)19-33(2)3)20-34(30)24-11-17-28(18-12-24)37-27-15-9-23(31)10-16-27/h7-18,20,25,30,32,35H,4-6,19,21H2,1-3H3/t25-,30?/m0/s1. The third kappa shape index (κ3) is 7.65. The van der Waals surface area contributed by atoms with Gasteiger partial charge in [-0.25, -0.2) is 0 Å². The predicted octanol–water partition coefficient (Wildman–Crippen LogP) is 6.36. The van der Waals surface area contributed by atoms with Crippen LogP contribution in [-0.4, -0.2) is 49.5 Å². The van der Waals surface area contributed by atoms with Crippen molar-refractivity contribution in [1.82, 2.24) is 10.2 Å². The first-order chi connectivity index (χ1) is 17.9. The van der Waals surface area contributed by atoms with Crippen LogP contribution in [0.4, 0.5) is 5.69 Å². The van der Waals surface area contributed by atoms with Gasteiger partial charge in [0.1, 0.15) is 36.1 Å². The molecule has 0 radical (unpaired) electrons. The van der Waals surface area contributed by atoms with Gasteiger partial charge in [0, 0.05) is 23.5 Å². The Bertz CT molecular complexity index is 1150. The van der Waals surface area contributed by atoms with Crippen LogP contribution in [0.2, 0.25) is 5.02 Å². The lowest BCUT2D eigenvalue weighted by Gasteiger charge is -2.26. The van der Waals surface area contributed by atoms with Gasteiger partial charge < -0.3 is 29.7 Å². The number of unbranched alkanes of at least 4 members (excludes halogenated alkanes) is 1. The SMILES string of the molecule is CCCCC1NC(c2ccc(OC[C@@H](O)CN(C)C)cc2)=CN1c1ccc(Oc2ccc(Cl)cc2)cc1. The molecule has 0 saturated carbocycles. The highest BCUT2D eigenvalue weighted by atomic mass is 35.5. The monoisotopic (exact) mass is 521 g/mol. The molecule has 1 unspecified atom stereocenters. The van der Waals surface area contributed by atoms with Crippen LogP contribution < -0.4 is 19.7 Å². The molecular formula is C30H36ClN3O3. The molecule has 0 aromatic heterocycles. The molecule has 6 nitrogen and oxygen atoms in total. The van der Waals surface area contributed by atoms with Crippen molar-refractivity contribution in [2.75, 3.05) is 32.1 Å². The van der Waals surface area contributed by atoms with E-state index in [1.165, 1.54) is 0 Å². The van der Waals surface area contributed by atoms with Gasteiger partial charge in [-0.05, 0) is 105 Å². The first-order valence-corrected chi connectivity index (χ1v) is 13.2. The first kappa shape index (κ1) is 26.9. The van der Waals surface area contributed by atoms with Gasteiger partial charge in [0.25, 0.3) is 0 Å². The van der Waals surface area contributed by atoms with Crippen molar-refractivity contribution < 1.29 is 14.6 Å². The maximum atomic E-state index is 10.0. The molecule has 3 aromatic rings. The van der Waals surface area contributed by atoms with Crippen LogP contribution in [0, 0.1) is 0 Å². The van der Waals surface area contributed by atoms with Crippen molar-refractivity contribution in [3.8, 4) is 17.2 Å². The maximum absolute atomic E-state index is 10.0. The van der Waals surface area contributed by atoms with E-state index in [1.807, 2.05) is 67.5 Å². The first-order valence-electron chi connectivity index (χ1n) is 12.8. The van der Waals surface area contributed by atoms with E-state index < -0.39 is 6.10 Å². The number of likely N-dealkylation sites (N-methyl/N-ethyl adjacent to an activating group) is 1. The molecule has 0 amide bonds. The van der Waals surface area contributed by atoms with E-state index in [4.69, 9.17) is 21.1 Å². The molecule has 1 aliphatic rings. The van der Waals surface area contributed by atoms with Crippen molar-refractivity contribution in [3.63, 3.8) is 0 Å². The number of hydrogen-bond donors (Lipinski definition) is 2. The van der Waals surface area contributed by atoms with Crippen molar-refractivity contribution in [1.29, 1.82) is 0 Å².